The molecule has 0 aliphatic carbocycles. The third-order valence-corrected chi connectivity index (χ3v) is 10.6. The maximum atomic E-state index is 11.5. The number of hydrogen-bond acceptors (Lipinski definition) is 26. The van der Waals surface area contributed by atoms with Crippen molar-refractivity contribution in [1.82, 2.24) is 42.5 Å². The second-order valence-corrected chi connectivity index (χ2v) is 19.5. The molecule has 2 heterocycles. The van der Waals surface area contributed by atoms with Crippen LogP contribution in [0.4, 0.5) is 19.2 Å². The van der Waals surface area contributed by atoms with E-state index in [0.717, 1.165) is 51.7 Å². The van der Waals surface area contributed by atoms with Gasteiger partial charge in [-0.25, -0.2) is 19.2 Å². The number of carbonyl (C=O) groups is 8. The summed E-state index contributed by atoms with van der Waals surface area (Å²) in [6, 6.07) is -0.471. The standard InChI is InChI=1S/C16H32N2O6.C15H30N2O6.C14H25N5O5.C13H23N5O5/c1-3-5-17-15(19)13-23-11-12-24-14-16(20)18-6-8-22-10-9-21-7-4-2;1-3-5-17-15(19)23-12-11-22-13-14(18)16-6-8-21-10-9-20-7-4-2;1-3-4-15-13(20)11-23-8-7-22-6-5-16-14(21)24-10-12-9-19(2)18-17-12;1-3-4-14-12(19)22-8-7-21-6-5-15-13(20)23-10-11-9-18(2)17-16-11/h3-14H2,1-2H3,(H,17,19)(H,18,20);3-13H2,1-2H3,(H,16,18)(H,17,19);9,12H,3-8,10-11H2,1-2H3,(H-,15,16,20,21);9,11H,3-8,10H2,1-2H3,(H-,14,15,19,20)/p+2. The van der Waals surface area contributed by atoms with E-state index in [2.05, 4.69) is 70.1 Å². The zero-order valence-electron chi connectivity index (χ0n) is 56.8. The molecular weight excluding hydrogens is 1240 g/mol. The fourth-order valence-corrected chi connectivity index (χ4v) is 6.17. The Hall–Kier alpha value is -6.90. The van der Waals surface area contributed by atoms with Gasteiger partial charge in [-0.2, -0.15) is 0 Å². The van der Waals surface area contributed by atoms with Crippen molar-refractivity contribution in [2.75, 3.05) is 225 Å². The Morgan fingerprint density at radius 3 is 0.840 bits per heavy atom. The Morgan fingerprint density at radius 1 is 0.298 bits per heavy atom. The molecule has 544 valence electrons. The first-order valence-corrected chi connectivity index (χ1v) is 32.1. The lowest BCUT2D eigenvalue weighted by Gasteiger charge is -2.08. The van der Waals surface area contributed by atoms with Crippen LogP contribution >= 0.6 is 0 Å². The van der Waals surface area contributed by atoms with Crippen molar-refractivity contribution in [1.29, 1.82) is 0 Å². The lowest BCUT2D eigenvalue weighted by atomic mass is 10.4. The van der Waals surface area contributed by atoms with Crippen LogP contribution in [-0.4, -0.2) is 307 Å². The van der Waals surface area contributed by atoms with Crippen molar-refractivity contribution in [3.05, 3.63) is 0 Å². The van der Waals surface area contributed by atoms with Gasteiger partial charge < -0.3 is 109 Å². The smallest absolute Gasteiger partial charge is 0.407 e. The SMILES string of the molecule is CCCNC(=O)COCCOCC(=O)NCCOCCOCCC.CCCNC(=O)COCCOCCNC(=O)OCC1C=[N+](C)N=N1.CCCNC(=O)OCCOCC(=O)NCCOCCOCCC.CCCNC(=O)OCCOCCNC(=O)OCC1C=[N+](C)N=N1. The third kappa shape index (κ3) is 66.6. The van der Waals surface area contributed by atoms with Crippen LogP contribution in [0.2, 0.25) is 0 Å². The van der Waals surface area contributed by atoms with Gasteiger partial charge in [-0.3, -0.25) is 19.2 Å². The van der Waals surface area contributed by atoms with E-state index >= 15 is 0 Å². The third-order valence-electron chi connectivity index (χ3n) is 10.6. The first kappa shape index (κ1) is 89.2. The second kappa shape index (κ2) is 68.9. The summed E-state index contributed by atoms with van der Waals surface area (Å²) in [7, 11) is 3.50. The van der Waals surface area contributed by atoms with Crippen molar-refractivity contribution >= 4 is 60.4 Å². The minimum Gasteiger partial charge on any atom is -0.447 e. The van der Waals surface area contributed by atoms with E-state index in [4.69, 9.17) is 66.3 Å². The van der Waals surface area contributed by atoms with E-state index in [1.165, 1.54) is 0 Å². The Labute approximate surface area is 553 Å². The maximum absolute atomic E-state index is 11.5. The number of nitrogens with zero attached hydrogens (tertiary/aromatic N) is 6. The molecule has 0 radical (unpaired) electrons. The lowest BCUT2D eigenvalue weighted by Crippen LogP contribution is -2.31. The lowest BCUT2D eigenvalue weighted by molar-refractivity contribution is -0.501. The predicted molar refractivity (Wildman–Crippen MR) is 341 cm³/mol. The van der Waals surface area contributed by atoms with Crippen molar-refractivity contribution in [3.63, 3.8) is 0 Å². The zero-order valence-corrected chi connectivity index (χ0v) is 56.8. The van der Waals surface area contributed by atoms with Gasteiger partial charge >= 0.3 is 24.4 Å². The highest BCUT2D eigenvalue weighted by Crippen LogP contribution is 1.99. The number of alkyl carbamates (subject to hydrolysis) is 4. The summed E-state index contributed by atoms with van der Waals surface area (Å²) in [4.78, 5) is 90.3. The van der Waals surface area contributed by atoms with Crippen molar-refractivity contribution in [2.24, 2.45) is 20.7 Å². The van der Waals surface area contributed by atoms with Crippen LogP contribution in [0.3, 0.4) is 0 Å². The normalized spacial score (nSPS) is 13.2. The van der Waals surface area contributed by atoms with Crippen LogP contribution in [0, 0.1) is 0 Å². The van der Waals surface area contributed by atoms with Gasteiger partial charge in [0.25, 0.3) is 12.1 Å². The molecule has 2 rings (SSSR count). The summed E-state index contributed by atoms with van der Waals surface area (Å²) in [5.41, 5.74) is 0. The van der Waals surface area contributed by atoms with Gasteiger partial charge in [0.1, 0.15) is 89.8 Å². The number of ether oxygens (including phenoxy) is 14. The summed E-state index contributed by atoms with van der Waals surface area (Å²) in [5.74, 6) is -0.714. The van der Waals surface area contributed by atoms with Gasteiger partial charge in [0.2, 0.25) is 23.6 Å². The van der Waals surface area contributed by atoms with Crippen LogP contribution in [-0.2, 0) is 85.5 Å². The molecular formula is C58H112N14O22+2. The van der Waals surface area contributed by atoms with Gasteiger partial charge in [0.05, 0.1) is 92.5 Å². The highest BCUT2D eigenvalue weighted by atomic mass is 16.6. The first-order valence-electron chi connectivity index (χ1n) is 32.1. The van der Waals surface area contributed by atoms with E-state index in [-0.39, 0.29) is 115 Å². The summed E-state index contributed by atoms with van der Waals surface area (Å²) in [6.07, 6.45) is 6.97. The second-order valence-electron chi connectivity index (χ2n) is 19.5. The molecule has 8 amide bonds. The van der Waals surface area contributed by atoms with Crippen LogP contribution in [0.15, 0.2) is 20.7 Å². The van der Waals surface area contributed by atoms with Gasteiger partial charge in [-0.05, 0) is 38.5 Å². The molecule has 0 spiro atoms. The first-order chi connectivity index (χ1) is 45.6. The van der Waals surface area contributed by atoms with Gasteiger partial charge in [0, 0.05) is 75.8 Å². The number of hydrogen-bond donors (Lipinski definition) is 8. The zero-order chi connectivity index (χ0) is 69.6. The summed E-state index contributed by atoms with van der Waals surface area (Å²) >= 11 is 0. The average Bonchev–Trinajstić information content (AvgIpc) is 2.30. The molecule has 0 bridgehead atoms. The van der Waals surface area contributed by atoms with Gasteiger partial charge in [0.15, 0.2) is 0 Å². The van der Waals surface area contributed by atoms with E-state index in [1.807, 2.05) is 34.6 Å². The molecule has 36 nitrogen and oxygen atoms in total. The Balaban J connectivity index is 0. The molecule has 8 N–H and O–H groups in total. The Morgan fingerprint density at radius 2 is 0.543 bits per heavy atom. The summed E-state index contributed by atoms with van der Waals surface area (Å²) < 4.78 is 74.9. The van der Waals surface area contributed by atoms with E-state index in [9.17, 15) is 38.4 Å². The molecule has 94 heavy (non-hydrogen) atoms. The van der Waals surface area contributed by atoms with E-state index in [1.54, 1.807) is 35.9 Å². The summed E-state index contributed by atoms with van der Waals surface area (Å²) in [5, 5.41) is 36.3. The highest BCUT2D eigenvalue weighted by Gasteiger charge is 2.22. The van der Waals surface area contributed by atoms with Crippen LogP contribution in [0.1, 0.15) is 80.1 Å². The molecule has 0 aromatic carbocycles. The predicted octanol–water partition coefficient (Wildman–Crippen LogP) is 0.866. The molecule has 2 aliphatic heterocycles. The topological polar surface area (TPSA) is 417 Å². The molecule has 36 heteroatoms. The number of amides is 8. The molecule has 0 fully saturated rings. The van der Waals surface area contributed by atoms with Crippen LogP contribution in [0.25, 0.3) is 0 Å². The molecule has 0 aromatic rings. The molecule has 0 saturated carbocycles. The van der Waals surface area contributed by atoms with E-state index in [0.29, 0.717) is 118 Å². The van der Waals surface area contributed by atoms with Gasteiger partial charge in [-0.1, -0.05) is 41.5 Å². The van der Waals surface area contributed by atoms with Gasteiger partial charge in [-0.15, -0.1) is 9.37 Å². The number of nitrogens with one attached hydrogen (secondary N) is 8. The number of carbonyl (C=O) groups excluding carboxylic acids is 8. The Kier molecular flexibility index (Phi) is 65.4. The van der Waals surface area contributed by atoms with Crippen molar-refractivity contribution in [2.45, 2.75) is 92.2 Å². The minimum atomic E-state index is -0.540. The van der Waals surface area contributed by atoms with Crippen molar-refractivity contribution in [3.8, 4) is 0 Å². The molecule has 0 saturated heterocycles. The van der Waals surface area contributed by atoms with Crippen molar-refractivity contribution < 1.29 is 114 Å². The summed E-state index contributed by atoms with van der Waals surface area (Å²) in [6.45, 7) is 23.2. The fraction of sp³-hybridized carbons (Fsp3) is 0.828. The Bertz CT molecular complexity index is 2070. The van der Waals surface area contributed by atoms with Crippen LogP contribution < -0.4 is 42.5 Å². The quantitative estimate of drug-likeness (QED) is 0.0238. The van der Waals surface area contributed by atoms with E-state index < -0.39 is 24.4 Å². The largest absolute Gasteiger partial charge is 0.447 e. The molecule has 2 aliphatic rings. The highest BCUT2D eigenvalue weighted by molar-refractivity contribution is 5.78. The van der Waals surface area contributed by atoms with Crippen LogP contribution in [0.5, 0.6) is 0 Å². The minimum absolute atomic E-state index is 0.00880. The number of rotatable bonds is 54. The molecule has 2 atom stereocenters. The maximum Gasteiger partial charge on any atom is 0.407 e. The molecule has 0 aromatic heterocycles. The molecule has 2 unspecified atom stereocenters. The monoisotopic (exact) mass is 1360 g/mol. The average molecular weight is 1360 g/mol. The fourth-order valence-electron chi connectivity index (χ4n) is 6.17.